The molecule has 1 atom stereocenters. The highest BCUT2D eigenvalue weighted by molar-refractivity contribution is 14.0. The third-order valence-electron chi connectivity index (χ3n) is 5.93. The summed E-state index contributed by atoms with van der Waals surface area (Å²) >= 11 is 0. The van der Waals surface area contributed by atoms with E-state index in [1.807, 2.05) is 19.2 Å². The molecule has 0 bridgehead atoms. The summed E-state index contributed by atoms with van der Waals surface area (Å²) in [5.74, 6) is 2.81. The maximum Gasteiger partial charge on any atom is 0.203 e. The summed E-state index contributed by atoms with van der Waals surface area (Å²) in [6.45, 7) is 3.75. The normalized spacial score (nSPS) is 16.1. The first-order chi connectivity index (χ1) is 15.7. The van der Waals surface area contributed by atoms with Gasteiger partial charge in [-0.2, -0.15) is 0 Å². The molecule has 1 fully saturated rings. The van der Waals surface area contributed by atoms with Crippen LogP contribution < -0.4 is 24.8 Å². The van der Waals surface area contributed by atoms with Crippen LogP contribution in [0.4, 0.5) is 0 Å². The zero-order valence-corrected chi connectivity index (χ0v) is 22.4. The van der Waals surface area contributed by atoms with E-state index >= 15 is 0 Å². The second kappa shape index (κ2) is 14.1. The molecule has 0 aromatic heterocycles. The van der Waals surface area contributed by atoms with Crippen LogP contribution in [0.2, 0.25) is 0 Å². The van der Waals surface area contributed by atoms with Crippen molar-refractivity contribution in [1.82, 2.24) is 15.5 Å². The smallest absolute Gasteiger partial charge is 0.203 e. The number of nitrogens with zero attached hydrogens (tertiary/aromatic N) is 2. The zero-order chi connectivity index (χ0) is 22.8. The number of methoxy groups -OCH3 is 3. The van der Waals surface area contributed by atoms with Gasteiger partial charge in [-0.05, 0) is 37.4 Å². The number of aliphatic imine (C=N–C) groups is 1. The molecular weight excluding hydrogens is 531 g/mol. The van der Waals surface area contributed by atoms with E-state index in [4.69, 9.17) is 14.2 Å². The fourth-order valence-electron chi connectivity index (χ4n) is 4.26. The van der Waals surface area contributed by atoms with Gasteiger partial charge in [0.25, 0.3) is 0 Å². The van der Waals surface area contributed by atoms with Gasteiger partial charge in [-0.25, -0.2) is 0 Å². The average Bonchev–Trinajstić information content (AvgIpc) is 3.27. The number of nitrogens with one attached hydrogen (secondary N) is 2. The lowest BCUT2D eigenvalue weighted by molar-refractivity contribution is 0.245. The second-order valence-electron chi connectivity index (χ2n) is 7.88. The lowest BCUT2D eigenvalue weighted by Gasteiger charge is -2.25. The van der Waals surface area contributed by atoms with Crippen molar-refractivity contribution in [2.75, 3.05) is 48.0 Å². The van der Waals surface area contributed by atoms with Gasteiger partial charge >= 0.3 is 0 Å². The Morgan fingerprint density at radius 3 is 2.42 bits per heavy atom. The summed E-state index contributed by atoms with van der Waals surface area (Å²) in [4.78, 5) is 6.95. The predicted octanol–water partition coefficient (Wildman–Crippen LogP) is 3.70. The molecule has 1 aliphatic heterocycles. The molecule has 7 nitrogen and oxygen atoms in total. The second-order valence-corrected chi connectivity index (χ2v) is 7.88. The Hall–Kier alpha value is -2.20. The third kappa shape index (κ3) is 7.40. The van der Waals surface area contributed by atoms with Gasteiger partial charge < -0.3 is 24.8 Å². The standard InChI is InChI=1S/C25H36N4O3.HI/c1-26-25(27-15-14-20-12-13-22(30-2)24(32-4)23(20)31-3)28-17-21-11-8-16-29(21)18-19-9-6-5-7-10-19;/h5-7,9-10,12-13,21H,8,11,14-18H2,1-4H3,(H2,26,27,28);1H. The minimum absolute atomic E-state index is 0. The molecule has 0 saturated carbocycles. The quantitative estimate of drug-likeness (QED) is 0.259. The molecule has 2 N–H and O–H groups in total. The van der Waals surface area contributed by atoms with Gasteiger partial charge in [-0.15, -0.1) is 24.0 Å². The molecule has 0 aliphatic carbocycles. The molecule has 2 aromatic rings. The first-order valence-corrected chi connectivity index (χ1v) is 11.2. The van der Waals surface area contributed by atoms with Crippen LogP contribution in [0.3, 0.4) is 0 Å². The van der Waals surface area contributed by atoms with Crippen molar-refractivity contribution in [3.8, 4) is 17.2 Å². The zero-order valence-electron chi connectivity index (χ0n) is 20.1. The molecule has 3 rings (SSSR count). The molecule has 1 aliphatic rings. The number of rotatable bonds is 10. The Bertz CT molecular complexity index is 879. The summed E-state index contributed by atoms with van der Waals surface area (Å²) < 4.78 is 16.4. The van der Waals surface area contributed by atoms with E-state index in [0.717, 1.165) is 44.1 Å². The van der Waals surface area contributed by atoms with Gasteiger partial charge in [0.1, 0.15) is 0 Å². The van der Waals surface area contributed by atoms with Crippen LogP contribution in [0, 0.1) is 0 Å². The summed E-state index contributed by atoms with van der Waals surface area (Å²) in [5.41, 5.74) is 2.42. The number of hydrogen-bond acceptors (Lipinski definition) is 5. The van der Waals surface area contributed by atoms with Crippen LogP contribution in [0.15, 0.2) is 47.5 Å². The maximum absolute atomic E-state index is 5.59. The Morgan fingerprint density at radius 2 is 1.76 bits per heavy atom. The summed E-state index contributed by atoms with van der Waals surface area (Å²) in [5, 5.41) is 6.92. The average molecular weight is 569 g/mol. The van der Waals surface area contributed by atoms with E-state index in [9.17, 15) is 0 Å². The first kappa shape index (κ1) is 27.0. The first-order valence-electron chi connectivity index (χ1n) is 11.2. The molecule has 0 spiro atoms. The maximum atomic E-state index is 5.59. The highest BCUT2D eigenvalue weighted by Gasteiger charge is 2.24. The van der Waals surface area contributed by atoms with Gasteiger partial charge in [0.2, 0.25) is 5.75 Å². The molecule has 1 unspecified atom stereocenters. The van der Waals surface area contributed by atoms with E-state index in [-0.39, 0.29) is 24.0 Å². The fraction of sp³-hybridized carbons (Fsp3) is 0.480. The Morgan fingerprint density at radius 1 is 1.00 bits per heavy atom. The highest BCUT2D eigenvalue weighted by Crippen LogP contribution is 2.39. The van der Waals surface area contributed by atoms with Crippen molar-refractivity contribution in [3.05, 3.63) is 53.6 Å². The van der Waals surface area contributed by atoms with E-state index in [1.165, 1.54) is 18.4 Å². The number of ether oxygens (including phenoxy) is 3. The highest BCUT2D eigenvalue weighted by atomic mass is 127. The van der Waals surface area contributed by atoms with E-state index < -0.39 is 0 Å². The van der Waals surface area contributed by atoms with Crippen LogP contribution in [0.25, 0.3) is 0 Å². The summed E-state index contributed by atoms with van der Waals surface area (Å²) in [6, 6.07) is 15.1. The molecule has 2 aromatic carbocycles. The summed E-state index contributed by atoms with van der Waals surface area (Å²) in [7, 11) is 6.71. The molecule has 33 heavy (non-hydrogen) atoms. The van der Waals surface area contributed by atoms with Gasteiger partial charge in [0.15, 0.2) is 17.5 Å². The predicted molar refractivity (Wildman–Crippen MR) is 144 cm³/mol. The minimum atomic E-state index is 0. The third-order valence-corrected chi connectivity index (χ3v) is 5.93. The molecule has 1 heterocycles. The molecule has 182 valence electrons. The Labute approximate surface area is 214 Å². The van der Waals surface area contributed by atoms with Crippen molar-refractivity contribution in [1.29, 1.82) is 0 Å². The lowest BCUT2D eigenvalue weighted by atomic mass is 10.1. The Balaban J connectivity index is 0.00000385. The molecule has 1 saturated heterocycles. The van der Waals surface area contributed by atoms with Crippen LogP contribution in [-0.2, 0) is 13.0 Å². The molecule has 0 radical (unpaired) electrons. The molecular formula is C25H37IN4O3. The van der Waals surface area contributed by atoms with E-state index in [1.54, 1.807) is 21.3 Å². The van der Waals surface area contributed by atoms with Crippen LogP contribution in [-0.4, -0.2) is 64.9 Å². The number of halogens is 1. The largest absolute Gasteiger partial charge is 0.493 e. The van der Waals surface area contributed by atoms with E-state index in [0.29, 0.717) is 23.3 Å². The monoisotopic (exact) mass is 568 g/mol. The van der Waals surface area contributed by atoms with Crippen molar-refractivity contribution >= 4 is 29.9 Å². The number of benzene rings is 2. The van der Waals surface area contributed by atoms with Crippen LogP contribution in [0.1, 0.15) is 24.0 Å². The lowest BCUT2D eigenvalue weighted by Crippen LogP contribution is -2.45. The van der Waals surface area contributed by atoms with E-state index in [2.05, 4.69) is 50.9 Å². The fourth-order valence-corrected chi connectivity index (χ4v) is 4.26. The molecule has 8 heteroatoms. The molecule has 0 amide bonds. The van der Waals surface area contributed by atoms with Crippen molar-refractivity contribution in [2.45, 2.75) is 31.8 Å². The van der Waals surface area contributed by atoms with Crippen molar-refractivity contribution < 1.29 is 14.2 Å². The number of hydrogen-bond donors (Lipinski definition) is 2. The van der Waals surface area contributed by atoms with Gasteiger partial charge in [0.05, 0.1) is 21.3 Å². The summed E-state index contributed by atoms with van der Waals surface area (Å²) in [6.07, 6.45) is 3.22. The van der Waals surface area contributed by atoms with Gasteiger partial charge in [0, 0.05) is 38.3 Å². The van der Waals surface area contributed by atoms with Crippen LogP contribution in [0.5, 0.6) is 17.2 Å². The Kier molecular flexibility index (Phi) is 11.6. The SMILES string of the molecule is CN=C(NCCc1ccc(OC)c(OC)c1OC)NCC1CCCN1Cc1ccccc1.I. The minimum Gasteiger partial charge on any atom is -0.493 e. The topological polar surface area (TPSA) is 67.4 Å². The van der Waals surface area contributed by atoms with Gasteiger partial charge in [-0.1, -0.05) is 36.4 Å². The number of likely N-dealkylation sites (tertiary alicyclic amines) is 1. The van der Waals surface area contributed by atoms with Gasteiger partial charge in [-0.3, -0.25) is 9.89 Å². The number of guanidine groups is 1. The van der Waals surface area contributed by atoms with Crippen LogP contribution >= 0.6 is 24.0 Å². The van der Waals surface area contributed by atoms with Crippen molar-refractivity contribution in [3.63, 3.8) is 0 Å². The van der Waals surface area contributed by atoms with Crippen molar-refractivity contribution in [2.24, 2.45) is 4.99 Å².